The van der Waals surface area contributed by atoms with Crippen LogP contribution in [-0.2, 0) is 17.5 Å². The maximum Gasteiger partial charge on any atom is 0.416 e. The molecule has 1 saturated heterocycles. The van der Waals surface area contributed by atoms with E-state index in [2.05, 4.69) is 5.32 Å². The maximum atomic E-state index is 12.4. The number of benzene rings is 1. The molecule has 2 rings (SSSR count). The second kappa shape index (κ2) is 6.26. The highest BCUT2D eigenvalue weighted by atomic mass is 19.4. The standard InChI is InChI=1S/C14H17F3N2O/c15-14(16,17)12-5-3-11(4-6-12)9-18-10-13(20)19-7-1-2-8-19/h3-6,18H,1-2,7-10H2. The number of amides is 1. The minimum atomic E-state index is -4.31. The SMILES string of the molecule is O=C(CNCc1ccc(C(F)(F)F)cc1)N1CCCC1. The zero-order valence-electron chi connectivity index (χ0n) is 11.0. The monoisotopic (exact) mass is 286 g/mol. The first-order valence-corrected chi connectivity index (χ1v) is 6.61. The molecule has 0 unspecified atom stereocenters. The third-order valence-corrected chi connectivity index (χ3v) is 3.35. The van der Waals surface area contributed by atoms with Crippen molar-refractivity contribution in [1.29, 1.82) is 0 Å². The second-order valence-electron chi connectivity index (χ2n) is 4.89. The quantitative estimate of drug-likeness (QED) is 0.922. The van der Waals surface area contributed by atoms with Crippen molar-refractivity contribution in [1.82, 2.24) is 10.2 Å². The lowest BCUT2D eigenvalue weighted by molar-refractivity contribution is -0.137. The van der Waals surface area contributed by atoms with Gasteiger partial charge in [-0.3, -0.25) is 4.79 Å². The van der Waals surface area contributed by atoms with E-state index in [1.54, 1.807) is 4.90 Å². The van der Waals surface area contributed by atoms with Gasteiger partial charge in [0, 0.05) is 19.6 Å². The smallest absolute Gasteiger partial charge is 0.342 e. The number of carbonyl (C=O) groups is 1. The molecule has 6 heteroatoms. The van der Waals surface area contributed by atoms with Gasteiger partial charge in [-0.05, 0) is 30.5 Å². The Balaban J connectivity index is 1.78. The molecular weight excluding hydrogens is 269 g/mol. The summed E-state index contributed by atoms with van der Waals surface area (Å²) >= 11 is 0. The van der Waals surface area contributed by atoms with Gasteiger partial charge in [-0.2, -0.15) is 13.2 Å². The third-order valence-electron chi connectivity index (χ3n) is 3.35. The Morgan fingerprint density at radius 1 is 1.15 bits per heavy atom. The summed E-state index contributed by atoms with van der Waals surface area (Å²) in [5.74, 6) is 0.0504. The van der Waals surface area contributed by atoms with Gasteiger partial charge in [0.1, 0.15) is 0 Å². The molecule has 20 heavy (non-hydrogen) atoms. The van der Waals surface area contributed by atoms with E-state index in [-0.39, 0.29) is 12.5 Å². The van der Waals surface area contributed by atoms with Crippen LogP contribution in [0.3, 0.4) is 0 Å². The van der Waals surface area contributed by atoms with Gasteiger partial charge in [-0.1, -0.05) is 12.1 Å². The van der Waals surface area contributed by atoms with E-state index in [9.17, 15) is 18.0 Å². The number of nitrogens with zero attached hydrogens (tertiary/aromatic N) is 1. The van der Waals surface area contributed by atoms with Crippen LogP contribution in [0.4, 0.5) is 13.2 Å². The summed E-state index contributed by atoms with van der Waals surface area (Å²) in [6.07, 6.45) is -2.22. The van der Waals surface area contributed by atoms with Crippen molar-refractivity contribution in [3.8, 4) is 0 Å². The highest BCUT2D eigenvalue weighted by Gasteiger charge is 2.29. The number of hydrogen-bond acceptors (Lipinski definition) is 2. The van der Waals surface area contributed by atoms with Crippen molar-refractivity contribution >= 4 is 5.91 Å². The molecule has 1 aliphatic heterocycles. The van der Waals surface area contributed by atoms with Crippen molar-refractivity contribution in [3.05, 3.63) is 35.4 Å². The molecule has 1 N–H and O–H groups in total. The minimum Gasteiger partial charge on any atom is -0.342 e. The average molecular weight is 286 g/mol. The number of alkyl halides is 3. The number of rotatable bonds is 4. The molecule has 0 aliphatic carbocycles. The van der Waals surface area contributed by atoms with Gasteiger partial charge in [-0.15, -0.1) is 0 Å². The van der Waals surface area contributed by atoms with Crippen LogP contribution in [0, 0.1) is 0 Å². The molecule has 1 heterocycles. The lowest BCUT2D eigenvalue weighted by Crippen LogP contribution is -2.35. The Labute approximate surface area is 115 Å². The predicted molar refractivity (Wildman–Crippen MR) is 69.0 cm³/mol. The van der Waals surface area contributed by atoms with Crippen LogP contribution in [0.2, 0.25) is 0 Å². The molecule has 0 bridgehead atoms. The van der Waals surface area contributed by atoms with Crippen molar-refractivity contribution in [2.45, 2.75) is 25.6 Å². The van der Waals surface area contributed by atoms with E-state index in [1.807, 2.05) is 0 Å². The molecule has 1 aromatic carbocycles. The van der Waals surface area contributed by atoms with Crippen LogP contribution in [0.5, 0.6) is 0 Å². The van der Waals surface area contributed by atoms with Crippen molar-refractivity contribution in [2.24, 2.45) is 0 Å². The zero-order valence-corrected chi connectivity index (χ0v) is 11.0. The van der Waals surface area contributed by atoms with Crippen LogP contribution in [-0.4, -0.2) is 30.4 Å². The molecule has 0 radical (unpaired) electrons. The maximum absolute atomic E-state index is 12.4. The Kier molecular flexibility index (Phi) is 4.65. The number of hydrogen-bond donors (Lipinski definition) is 1. The number of carbonyl (C=O) groups excluding carboxylic acids is 1. The summed E-state index contributed by atoms with van der Waals surface area (Å²) in [4.78, 5) is 13.5. The lowest BCUT2D eigenvalue weighted by Gasteiger charge is -2.15. The summed E-state index contributed by atoms with van der Waals surface area (Å²) in [7, 11) is 0. The zero-order chi connectivity index (χ0) is 14.6. The first kappa shape index (κ1) is 14.8. The summed E-state index contributed by atoms with van der Waals surface area (Å²) in [6, 6.07) is 4.96. The Morgan fingerprint density at radius 2 is 1.75 bits per heavy atom. The van der Waals surface area contributed by atoms with E-state index in [0.717, 1.165) is 43.6 Å². The third kappa shape index (κ3) is 3.96. The Bertz CT molecular complexity index is 450. The molecule has 0 spiro atoms. The molecule has 110 valence electrons. The summed E-state index contributed by atoms with van der Waals surface area (Å²) in [5.41, 5.74) is 0.0709. The second-order valence-corrected chi connectivity index (χ2v) is 4.89. The summed E-state index contributed by atoms with van der Waals surface area (Å²) < 4.78 is 37.2. The van der Waals surface area contributed by atoms with E-state index in [4.69, 9.17) is 0 Å². The highest BCUT2D eigenvalue weighted by molar-refractivity contribution is 5.78. The molecule has 1 amide bonds. The van der Waals surface area contributed by atoms with Crippen LogP contribution < -0.4 is 5.32 Å². The lowest BCUT2D eigenvalue weighted by atomic mass is 10.1. The molecule has 1 fully saturated rings. The normalized spacial score (nSPS) is 15.7. The van der Waals surface area contributed by atoms with Crippen molar-refractivity contribution < 1.29 is 18.0 Å². The number of likely N-dealkylation sites (tertiary alicyclic amines) is 1. The Hall–Kier alpha value is -1.56. The van der Waals surface area contributed by atoms with Crippen LogP contribution in [0.15, 0.2) is 24.3 Å². The van der Waals surface area contributed by atoms with Gasteiger partial charge in [0.25, 0.3) is 0 Å². The van der Waals surface area contributed by atoms with Gasteiger partial charge in [0.05, 0.1) is 12.1 Å². The largest absolute Gasteiger partial charge is 0.416 e. The van der Waals surface area contributed by atoms with Crippen molar-refractivity contribution in [2.75, 3.05) is 19.6 Å². The van der Waals surface area contributed by atoms with Gasteiger partial charge < -0.3 is 10.2 Å². The topological polar surface area (TPSA) is 32.3 Å². The molecule has 0 atom stereocenters. The predicted octanol–water partition coefficient (Wildman–Crippen LogP) is 2.42. The first-order chi connectivity index (χ1) is 9.47. The van der Waals surface area contributed by atoms with Crippen LogP contribution in [0.25, 0.3) is 0 Å². The number of halogens is 3. The van der Waals surface area contributed by atoms with E-state index < -0.39 is 11.7 Å². The van der Waals surface area contributed by atoms with Crippen LogP contribution in [0.1, 0.15) is 24.0 Å². The number of nitrogens with one attached hydrogen (secondary N) is 1. The molecule has 3 nitrogen and oxygen atoms in total. The summed E-state index contributed by atoms with van der Waals surface area (Å²) in [5, 5.41) is 2.96. The highest BCUT2D eigenvalue weighted by Crippen LogP contribution is 2.28. The van der Waals surface area contributed by atoms with Gasteiger partial charge >= 0.3 is 6.18 Å². The minimum absolute atomic E-state index is 0.0504. The molecule has 0 aromatic heterocycles. The summed E-state index contributed by atoms with van der Waals surface area (Å²) in [6.45, 7) is 2.22. The van der Waals surface area contributed by atoms with E-state index >= 15 is 0 Å². The molecule has 1 aromatic rings. The van der Waals surface area contributed by atoms with E-state index in [1.165, 1.54) is 12.1 Å². The van der Waals surface area contributed by atoms with Gasteiger partial charge in [-0.25, -0.2) is 0 Å². The van der Waals surface area contributed by atoms with Gasteiger partial charge in [0.2, 0.25) is 5.91 Å². The van der Waals surface area contributed by atoms with E-state index in [0.29, 0.717) is 6.54 Å². The molecule has 0 saturated carbocycles. The van der Waals surface area contributed by atoms with Gasteiger partial charge in [0.15, 0.2) is 0 Å². The fourth-order valence-corrected chi connectivity index (χ4v) is 2.20. The Morgan fingerprint density at radius 3 is 2.30 bits per heavy atom. The molecular formula is C14H17F3N2O. The van der Waals surface area contributed by atoms with Crippen molar-refractivity contribution in [3.63, 3.8) is 0 Å². The first-order valence-electron chi connectivity index (χ1n) is 6.61. The molecule has 1 aliphatic rings. The van der Waals surface area contributed by atoms with Crippen LogP contribution >= 0.6 is 0 Å². The fourth-order valence-electron chi connectivity index (χ4n) is 2.20. The fraction of sp³-hybridized carbons (Fsp3) is 0.500. The average Bonchev–Trinajstić information content (AvgIpc) is 2.92.